The van der Waals surface area contributed by atoms with Crippen LogP contribution in [0.4, 0.5) is 11.6 Å². The highest BCUT2D eigenvalue weighted by Crippen LogP contribution is 2.34. The van der Waals surface area contributed by atoms with E-state index >= 15 is 0 Å². The highest BCUT2D eigenvalue weighted by molar-refractivity contribution is 5.81. The van der Waals surface area contributed by atoms with Crippen molar-refractivity contribution in [1.29, 1.82) is 0 Å². The topological polar surface area (TPSA) is 48.4 Å². The van der Waals surface area contributed by atoms with E-state index in [4.69, 9.17) is 15.0 Å². The molecule has 2 aliphatic heterocycles. The predicted octanol–water partition coefficient (Wildman–Crippen LogP) is 5.32. The van der Waals surface area contributed by atoms with E-state index in [9.17, 15) is 0 Å². The van der Waals surface area contributed by atoms with E-state index in [0.717, 1.165) is 79.2 Å². The van der Waals surface area contributed by atoms with E-state index < -0.39 is 0 Å². The van der Waals surface area contributed by atoms with Crippen molar-refractivity contribution in [3.05, 3.63) is 54.5 Å². The summed E-state index contributed by atoms with van der Waals surface area (Å²) in [6.45, 7) is 13.1. The number of piperazine rings is 1. The first-order valence-electron chi connectivity index (χ1n) is 13.1. The number of piperidine rings is 1. The van der Waals surface area contributed by atoms with Crippen LogP contribution in [-0.4, -0.2) is 66.2 Å². The maximum Gasteiger partial charge on any atom is 0.128 e. The Balaban J connectivity index is 1.43. The summed E-state index contributed by atoms with van der Waals surface area (Å²) in [6, 6.07) is 11.0. The van der Waals surface area contributed by atoms with Gasteiger partial charge in [0.2, 0.25) is 0 Å². The van der Waals surface area contributed by atoms with Crippen molar-refractivity contribution in [3.8, 4) is 22.4 Å². The zero-order valence-corrected chi connectivity index (χ0v) is 21.6. The number of nitrogens with zero attached hydrogens (tertiary/aromatic N) is 6. The molecule has 2 fully saturated rings. The Labute approximate surface area is 210 Å². The number of rotatable bonds is 5. The number of hydrogen-bond acceptors (Lipinski definition) is 6. The molecule has 6 heteroatoms. The molecule has 3 aromatic heterocycles. The molecule has 0 unspecified atom stereocenters. The van der Waals surface area contributed by atoms with Gasteiger partial charge in [-0.1, -0.05) is 20.8 Å². The largest absolute Gasteiger partial charge is 0.357 e. The molecule has 0 radical (unpaired) electrons. The molecule has 0 aliphatic carbocycles. The normalized spacial score (nSPS) is 17.9. The third-order valence-electron chi connectivity index (χ3n) is 7.59. The quantitative estimate of drug-likeness (QED) is 0.503. The average molecular weight is 471 g/mol. The lowest BCUT2D eigenvalue weighted by atomic mass is 9.96. The minimum atomic E-state index is 0.412. The zero-order valence-electron chi connectivity index (χ0n) is 21.6. The number of aromatic nitrogens is 3. The lowest BCUT2D eigenvalue weighted by Crippen LogP contribution is -2.44. The van der Waals surface area contributed by atoms with E-state index in [1.807, 2.05) is 18.6 Å². The lowest BCUT2D eigenvalue weighted by molar-refractivity contribution is 0.312. The summed E-state index contributed by atoms with van der Waals surface area (Å²) in [4.78, 5) is 21.8. The molecule has 0 atom stereocenters. The van der Waals surface area contributed by atoms with Gasteiger partial charge in [0.15, 0.2) is 0 Å². The second-order valence-corrected chi connectivity index (χ2v) is 10.6. The van der Waals surface area contributed by atoms with Gasteiger partial charge in [-0.05, 0) is 67.6 Å². The molecule has 3 aromatic rings. The van der Waals surface area contributed by atoms with Crippen LogP contribution >= 0.6 is 0 Å². The van der Waals surface area contributed by atoms with Crippen molar-refractivity contribution in [1.82, 2.24) is 19.9 Å². The van der Waals surface area contributed by atoms with Gasteiger partial charge in [0.25, 0.3) is 0 Å². The van der Waals surface area contributed by atoms with Crippen molar-refractivity contribution >= 4 is 11.6 Å². The molecule has 2 aliphatic rings. The van der Waals surface area contributed by atoms with Crippen LogP contribution in [0.25, 0.3) is 22.4 Å². The molecule has 0 aromatic carbocycles. The Kier molecular flexibility index (Phi) is 7.00. The van der Waals surface area contributed by atoms with Crippen LogP contribution in [0.15, 0.2) is 48.9 Å². The Morgan fingerprint density at radius 1 is 0.743 bits per heavy atom. The smallest absolute Gasteiger partial charge is 0.128 e. The monoisotopic (exact) mass is 470 g/mol. The Bertz CT molecular complexity index is 1110. The summed E-state index contributed by atoms with van der Waals surface area (Å²) in [5.74, 6) is 3.35. The summed E-state index contributed by atoms with van der Waals surface area (Å²) < 4.78 is 0. The van der Waals surface area contributed by atoms with E-state index in [-0.39, 0.29) is 0 Å². The number of anilines is 2. The molecule has 5 rings (SSSR count). The Hall–Kier alpha value is -2.99. The van der Waals surface area contributed by atoms with Gasteiger partial charge in [-0.3, -0.25) is 4.98 Å². The molecule has 35 heavy (non-hydrogen) atoms. The molecular weight excluding hydrogens is 432 g/mol. The highest BCUT2D eigenvalue weighted by atomic mass is 15.3. The third-order valence-corrected chi connectivity index (χ3v) is 7.59. The van der Waals surface area contributed by atoms with Gasteiger partial charge in [-0.2, -0.15) is 0 Å². The van der Waals surface area contributed by atoms with Crippen LogP contribution in [0.2, 0.25) is 0 Å². The fraction of sp³-hybridized carbons (Fsp3) is 0.483. The Morgan fingerprint density at radius 2 is 1.34 bits per heavy atom. The van der Waals surface area contributed by atoms with Crippen LogP contribution in [0.5, 0.6) is 0 Å². The maximum absolute atomic E-state index is 4.92. The summed E-state index contributed by atoms with van der Waals surface area (Å²) in [5.41, 5.74) is 5.47. The van der Waals surface area contributed by atoms with Gasteiger partial charge in [-0.25, -0.2) is 9.97 Å². The first kappa shape index (κ1) is 23.7. The summed E-state index contributed by atoms with van der Waals surface area (Å²) in [7, 11) is 2.18. The molecule has 184 valence electrons. The molecule has 0 N–H and O–H groups in total. The predicted molar refractivity (Wildman–Crippen MR) is 145 cm³/mol. The van der Waals surface area contributed by atoms with Crippen LogP contribution in [-0.2, 0) is 0 Å². The van der Waals surface area contributed by atoms with E-state index in [0.29, 0.717) is 5.92 Å². The maximum atomic E-state index is 4.92. The SMILES string of the molecule is CC1CCN(c2ccc(-c3ncc(C(C)C)cc3-c3ccc(N4CCN(C)CC4)nc3)cn2)CC1. The van der Waals surface area contributed by atoms with Crippen molar-refractivity contribution in [2.45, 2.75) is 39.5 Å². The zero-order chi connectivity index (χ0) is 24.4. The van der Waals surface area contributed by atoms with Gasteiger partial charge in [0, 0.05) is 74.5 Å². The summed E-state index contributed by atoms with van der Waals surface area (Å²) in [5, 5.41) is 0. The molecule has 0 amide bonds. The van der Waals surface area contributed by atoms with Crippen molar-refractivity contribution < 1.29 is 0 Å². The van der Waals surface area contributed by atoms with E-state index in [1.165, 1.54) is 18.4 Å². The second kappa shape index (κ2) is 10.3. The molecular formula is C29H38N6. The standard InChI is InChI=1S/C29H38N6/c1-21(2)25-17-26(23-5-7-28(30-18-23)35-15-13-33(4)14-16-35)29(32-20-25)24-6-8-27(31-19-24)34-11-9-22(3)10-12-34/h5-8,17-22H,9-16H2,1-4H3. The molecule has 0 saturated carbocycles. The van der Waals surface area contributed by atoms with Gasteiger partial charge < -0.3 is 14.7 Å². The van der Waals surface area contributed by atoms with Crippen LogP contribution in [0, 0.1) is 5.92 Å². The molecule has 0 spiro atoms. The molecule has 2 saturated heterocycles. The van der Waals surface area contributed by atoms with Gasteiger partial charge >= 0.3 is 0 Å². The first-order valence-corrected chi connectivity index (χ1v) is 13.1. The van der Waals surface area contributed by atoms with Crippen molar-refractivity contribution in [3.63, 3.8) is 0 Å². The van der Waals surface area contributed by atoms with Crippen LogP contribution in [0.1, 0.15) is 45.1 Å². The van der Waals surface area contributed by atoms with Crippen molar-refractivity contribution in [2.75, 3.05) is 56.1 Å². The van der Waals surface area contributed by atoms with Gasteiger partial charge in [0.1, 0.15) is 11.6 Å². The van der Waals surface area contributed by atoms with Crippen molar-refractivity contribution in [2.24, 2.45) is 5.92 Å². The summed E-state index contributed by atoms with van der Waals surface area (Å²) in [6.07, 6.45) is 8.48. The fourth-order valence-electron chi connectivity index (χ4n) is 4.97. The number of hydrogen-bond donors (Lipinski definition) is 0. The Morgan fingerprint density at radius 3 is 1.91 bits per heavy atom. The minimum absolute atomic E-state index is 0.412. The molecule has 6 nitrogen and oxygen atoms in total. The van der Waals surface area contributed by atoms with Gasteiger partial charge in [0.05, 0.1) is 5.69 Å². The molecule has 0 bridgehead atoms. The van der Waals surface area contributed by atoms with E-state index in [2.05, 4.69) is 72.9 Å². The third kappa shape index (κ3) is 5.32. The highest BCUT2D eigenvalue weighted by Gasteiger charge is 2.19. The minimum Gasteiger partial charge on any atom is -0.357 e. The van der Waals surface area contributed by atoms with E-state index in [1.54, 1.807) is 0 Å². The summed E-state index contributed by atoms with van der Waals surface area (Å²) >= 11 is 0. The number of pyridine rings is 3. The second-order valence-electron chi connectivity index (χ2n) is 10.6. The first-order chi connectivity index (χ1) is 17.0. The molecule has 5 heterocycles. The average Bonchev–Trinajstić information content (AvgIpc) is 2.89. The van der Waals surface area contributed by atoms with Crippen LogP contribution < -0.4 is 9.80 Å². The fourth-order valence-corrected chi connectivity index (χ4v) is 4.97. The van der Waals surface area contributed by atoms with Gasteiger partial charge in [-0.15, -0.1) is 0 Å². The lowest BCUT2D eigenvalue weighted by Gasteiger charge is -2.33. The number of likely N-dealkylation sites (N-methyl/N-ethyl adjacent to an activating group) is 1. The van der Waals surface area contributed by atoms with Crippen LogP contribution in [0.3, 0.4) is 0 Å².